The molecule has 4 nitrogen and oxygen atoms in total. The van der Waals surface area contributed by atoms with E-state index in [2.05, 4.69) is 11.4 Å². The van der Waals surface area contributed by atoms with Crippen molar-refractivity contribution >= 4 is 11.8 Å². The summed E-state index contributed by atoms with van der Waals surface area (Å²) >= 11 is 0. The lowest BCUT2D eigenvalue weighted by Gasteiger charge is -2.29. The highest BCUT2D eigenvalue weighted by Gasteiger charge is 2.44. The Balaban J connectivity index is 1.19. The summed E-state index contributed by atoms with van der Waals surface area (Å²) in [7, 11) is 0. The van der Waals surface area contributed by atoms with Gasteiger partial charge in [-0.15, -0.1) is 0 Å². The second-order valence-corrected chi connectivity index (χ2v) is 8.30. The zero-order valence-electron chi connectivity index (χ0n) is 17.1. The molecule has 1 aliphatic heterocycles. The van der Waals surface area contributed by atoms with Crippen LogP contribution in [0.15, 0.2) is 48.5 Å². The summed E-state index contributed by atoms with van der Waals surface area (Å²) in [6, 6.07) is 13.3. The Morgan fingerprint density at radius 1 is 1.06 bits per heavy atom. The molecule has 164 valence electrons. The molecule has 2 amide bonds. The molecule has 0 spiro atoms. The van der Waals surface area contributed by atoms with Crippen LogP contribution in [0.1, 0.15) is 47.4 Å². The van der Waals surface area contributed by atoms with Gasteiger partial charge in [0, 0.05) is 32.0 Å². The molecule has 0 radical (unpaired) electrons. The number of rotatable bonds is 6. The van der Waals surface area contributed by atoms with Crippen LogP contribution >= 0.6 is 0 Å². The number of halogens is 3. The molecule has 7 heteroatoms. The molecule has 2 aliphatic rings. The summed E-state index contributed by atoms with van der Waals surface area (Å²) in [5.74, 6) is -0.533. The maximum atomic E-state index is 12.9. The Kier molecular flexibility index (Phi) is 6.03. The molecule has 1 N–H and O–H groups in total. The zero-order chi connectivity index (χ0) is 22.0. The van der Waals surface area contributed by atoms with Crippen LogP contribution in [-0.2, 0) is 28.7 Å². The number of amides is 2. The summed E-state index contributed by atoms with van der Waals surface area (Å²) in [5, 5.41) is 2.83. The number of alkyl halides is 3. The van der Waals surface area contributed by atoms with Gasteiger partial charge in [-0.3, -0.25) is 9.59 Å². The fourth-order valence-corrected chi connectivity index (χ4v) is 4.25. The van der Waals surface area contributed by atoms with Crippen LogP contribution in [0.2, 0.25) is 0 Å². The van der Waals surface area contributed by atoms with E-state index in [9.17, 15) is 22.8 Å². The lowest BCUT2D eigenvalue weighted by Crippen LogP contribution is -2.36. The van der Waals surface area contributed by atoms with Gasteiger partial charge in [-0.1, -0.05) is 42.5 Å². The number of carbonyl (C=O) groups is 2. The van der Waals surface area contributed by atoms with Gasteiger partial charge in [-0.25, -0.2) is 0 Å². The first-order valence-electron chi connectivity index (χ1n) is 10.6. The largest absolute Gasteiger partial charge is 0.416 e. The highest BCUT2D eigenvalue weighted by molar-refractivity contribution is 5.83. The fourth-order valence-electron chi connectivity index (χ4n) is 4.25. The van der Waals surface area contributed by atoms with Gasteiger partial charge in [-0.2, -0.15) is 13.2 Å². The van der Waals surface area contributed by atoms with E-state index in [4.69, 9.17) is 0 Å². The second-order valence-electron chi connectivity index (χ2n) is 8.30. The third-order valence-corrected chi connectivity index (χ3v) is 6.12. The summed E-state index contributed by atoms with van der Waals surface area (Å²) in [4.78, 5) is 26.7. The smallest absolute Gasteiger partial charge is 0.356 e. The topological polar surface area (TPSA) is 49.4 Å². The van der Waals surface area contributed by atoms with Crippen LogP contribution in [0.4, 0.5) is 13.2 Å². The van der Waals surface area contributed by atoms with E-state index in [0.29, 0.717) is 44.5 Å². The normalized spacial score (nSPS) is 20.2. The van der Waals surface area contributed by atoms with Crippen molar-refractivity contribution in [3.63, 3.8) is 0 Å². The molecule has 2 atom stereocenters. The van der Waals surface area contributed by atoms with Crippen molar-refractivity contribution in [3.05, 3.63) is 70.8 Å². The minimum absolute atomic E-state index is 0.0806. The van der Waals surface area contributed by atoms with E-state index in [0.717, 1.165) is 18.6 Å². The molecule has 4 rings (SSSR count). The van der Waals surface area contributed by atoms with E-state index in [1.807, 2.05) is 23.1 Å². The zero-order valence-corrected chi connectivity index (χ0v) is 17.1. The monoisotopic (exact) mass is 430 g/mol. The Hall–Kier alpha value is -2.83. The second kappa shape index (κ2) is 8.73. The Bertz CT molecular complexity index is 973. The van der Waals surface area contributed by atoms with Crippen molar-refractivity contribution in [2.24, 2.45) is 5.92 Å². The van der Waals surface area contributed by atoms with Gasteiger partial charge < -0.3 is 10.2 Å². The molecule has 2 aromatic carbocycles. The van der Waals surface area contributed by atoms with Crippen molar-refractivity contribution in [3.8, 4) is 0 Å². The van der Waals surface area contributed by atoms with Crippen LogP contribution < -0.4 is 5.32 Å². The highest BCUT2D eigenvalue weighted by Crippen LogP contribution is 2.48. The summed E-state index contributed by atoms with van der Waals surface area (Å²) in [6.07, 6.45) is -2.06. The predicted molar refractivity (Wildman–Crippen MR) is 110 cm³/mol. The van der Waals surface area contributed by atoms with E-state index >= 15 is 0 Å². The van der Waals surface area contributed by atoms with Crippen LogP contribution in [0.25, 0.3) is 0 Å². The average Bonchev–Trinajstić information content (AvgIpc) is 3.57. The van der Waals surface area contributed by atoms with Gasteiger partial charge in [0.25, 0.3) is 0 Å². The van der Waals surface area contributed by atoms with Gasteiger partial charge in [-0.05, 0) is 47.9 Å². The first-order valence-corrected chi connectivity index (χ1v) is 10.6. The quantitative estimate of drug-likeness (QED) is 0.695. The number of fused-ring (bicyclic) bond motifs is 1. The van der Waals surface area contributed by atoms with Crippen LogP contribution in [0.3, 0.4) is 0 Å². The molecule has 1 heterocycles. The maximum Gasteiger partial charge on any atom is 0.416 e. The summed E-state index contributed by atoms with van der Waals surface area (Å²) in [5.41, 5.74) is 2.34. The van der Waals surface area contributed by atoms with Gasteiger partial charge in [0.15, 0.2) is 0 Å². The molecule has 0 aromatic heterocycles. The third kappa shape index (κ3) is 5.09. The average molecular weight is 430 g/mol. The standard InChI is InChI=1S/C24H25F3N2O2/c25-24(26,27)19-8-3-7-17(13-19)20-14-21(20)23(31)28-11-4-9-22(30)29-12-10-16-5-1-2-6-18(16)15-29/h1-3,5-8,13,20-21H,4,9-12,14-15H2,(H,28,31). The van der Waals surface area contributed by atoms with E-state index in [1.165, 1.54) is 17.2 Å². The van der Waals surface area contributed by atoms with Gasteiger partial charge in [0.1, 0.15) is 0 Å². The van der Waals surface area contributed by atoms with Crippen molar-refractivity contribution < 1.29 is 22.8 Å². The maximum absolute atomic E-state index is 12.9. The first-order chi connectivity index (χ1) is 14.8. The van der Waals surface area contributed by atoms with Crippen molar-refractivity contribution in [2.75, 3.05) is 13.1 Å². The first kappa shape index (κ1) is 21.4. The predicted octanol–water partition coefficient (Wildman–Crippen LogP) is 4.29. The minimum atomic E-state index is -4.38. The number of benzene rings is 2. The SMILES string of the molecule is O=C(NCCCC(=O)N1CCc2ccccc2C1)C1CC1c1cccc(C(F)(F)F)c1. The molecule has 0 bridgehead atoms. The number of carbonyl (C=O) groups excluding carboxylic acids is 2. The van der Waals surface area contributed by atoms with Gasteiger partial charge >= 0.3 is 6.18 Å². The molecule has 2 unspecified atom stereocenters. The van der Waals surface area contributed by atoms with Crippen molar-refractivity contribution in [1.29, 1.82) is 0 Å². The number of hydrogen-bond donors (Lipinski definition) is 1. The van der Waals surface area contributed by atoms with Crippen LogP contribution in [0.5, 0.6) is 0 Å². The molecule has 2 aromatic rings. The van der Waals surface area contributed by atoms with Gasteiger partial charge in [0.05, 0.1) is 5.56 Å². The number of hydrogen-bond acceptors (Lipinski definition) is 2. The van der Waals surface area contributed by atoms with Crippen molar-refractivity contribution in [1.82, 2.24) is 10.2 Å². The van der Waals surface area contributed by atoms with E-state index in [1.54, 1.807) is 6.07 Å². The summed E-state index contributed by atoms with van der Waals surface area (Å²) < 4.78 is 38.6. The summed E-state index contributed by atoms with van der Waals surface area (Å²) in [6.45, 7) is 1.73. The van der Waals surface area contributed by atoms with Crippen LogP contribution in [0, 0.1) is 5.92 Å². The molecule has 1 saturated carbocycles. The Morgan fingerprint density at radius 2 is 1.84 bits per heavy atom. The lowest BCUT2D eigenvalue weighted by molar-refractivity contribution is -0.137. The minimum Gasteiger partial charge on any atom is -0.356 e. The molecule has 31 heavy (non-hydrogen) atoms. The molecule has 1 fully saturated rings. The molecular formula is C24H25F3N2O2. The Labute approximate surface area is 179 Å². The van der Waals surface area contributed by atoms with Gasteiger partial charge in [0.2, 0.25) is 11.8 Å². The van der Waals surface area contributed by atoms with Crippen molar-refractivity contribution in [2.45, 2.75) is 44.3 Å². The lowest BCUT2D eigenvalue weighted by atomic mass is 9.99. The fraction of sp³-hybridized carbons (Fsp3) is 0.417. The van der Waals surface area contributed by atoms with E-state index < -0.39 is 11.7 Å². The third-order valence-electron chi connectivity index (χ3n) is 6.12. The number of nitrogens with zero attached hydrogens (tertiary/aromatic N) is 1. The number of nitrogens with one attached hydrogen (secondary N) is 1. The molecular weight excluding hydrogens is 405 g/mol. The van der Waals surface area contributed by atoms with Crippen LogP contribution in [-0.4, -0.2) is 29.8 Å². The Morgan fingerprint density at radius 3 is 2.61 bits per heavy atom. The molecule has 0 saturated heterocycles. The van der Waals surface area contributed by atoms with E-state index in [-0.39, 0.29) is 23.7 Å². The molecule has 1 aliphatic carbocycles. The highest BCUT2D eigenvalue weighted by atomic mass is 19.4.